The predicted molar refractivity (Wildman–Crippen MR) is 139 cm³/mol. The van der Waals surface area contributed by atoms with Crippen molar-refractivity contribution in [2.24, 2.45) is 17.2 Å². The highest BCUT2D eigenvalue weighted by molar-refractivity contribution is 9.10. The van der Waals surface area contributed by atoms with Crippen molar-refractivity contribution in [3.05, 3.63) is 63.9 Å². The summed E-state index contributed by atoms with van der Waals surface area (Å²) in [5.74, 6) is -1.02. The van der Waals surface area contributed by atoms with Crippen LogP contribution in [0.1, 0.15) is 29.8 Å². The van der Waals surface area contributed by atoms with E-state index in [4.69, 9.17) is 17.2 Å². The van der Waals surface area contributed by atoms with Crippen LogP contribution in [-0.2, 0) is 27.2 Å². The first-order valence-electron chi connectivity index (χ1n) is 11.7. The number of aryl methyl sites for hydroxylation is 2. The number of hydrogen-bond donors (Lipinski definition) is 4. The van der Waals surface area contributed by atoms with Gasteiger partial charge in [-0.2, -0.15) is 0 Å². The summed E-state index contributed by atoms with van der Waals surface area (Å²) < 4.78 is 0.858. The smallest absolute Gasteiger partial charge is 0.238 e. The van der Waals surface area contributed by atoms with E-state index < -0.39 is 18.0 Å². The van der Waals surface area contributed by atoms with Crippen LogP contribution < -0.4 is 22.5 Å². The SMILES string of the molecule is Cc1nc(CC(=O)[C@H](CCc2ccccc2)NC(=O)[C@@H](N)CC(=O)N(CCN)CCN)ccc1Br. The lowest BCUT2D eigenvalue weighted by Gasteiger charge is -2.24. The average Bonchev–Trinajstić information content (AvgIpc) is 2.84. The first-order chi connectivity index (χ1) is 16.7. The lowest BCUT2D eigenvalue weighted by Crippen LogP contribution is -2.51. The quantitative estimate of drug-likeness (QED) is 0.273. The van der Waals surface area contributed by atoms with E-state index in [1.165, 1.54) is 4.90 Å². The molecule has 7 N–H and O–H groups in total. The lowest BCUT2D eigenvalue weighted by molar-refractivity contribution is -0.134. The molecule has 0 bridgehead atoms. The van der Waals surface area contributed by atoms with Gasteiger partial charge in [-0.25, -0.2) is 0 Å². The Kier molecular flexibility index (Phi) is 12.0. The fourth-order valence-electron chi connectivity index (χ4n) is 3.63. The van der Waals surface area contributed by atoms with Gasteiger partial charge in [-0.15, -0.1) is 0 Å². The topological polar surface area (TPSA) is 157 Å². The van der Waals surface area contributed by atoms with E-state index in [0.717, 1.165) is 15.7 Å². The third-order valence-corrected chi connectivity index (χ3v) is 6.42. The number of hydrogen-bond acceptors (Lipinski definition) is 7. The van der Waals surface area contributed by atoms with E-state index in [9.17, 15) is 14.4 Å². The van der Waals surface area contributed by atoms with Crippen molar-refractivity contribution in [2.45, 2.75) is 44.7 Å². The molecule has 2 amide bonds. The van der Waals surface area contributed by atoms with E-state index in [1.54, 1.807) is 6.07 Å². The third-order valence-electron chi connectivity index (χ3n) is 5.59. The summed E-state index contributed by atoms with van der Waals surface area (Å²) in [6, 6.07) is 11.5. The second-order valence-corrected chi connectivity index (χ2v) is 9.22. The van der Waals surface area contributed by atoms with E-state index in [2.05, 4.69) is 26.2 Å². The van der Waals surface area contributed by atoms with Gasteiger partial charge in [-0.1, -0.05) is 30.3 Å². The van der Waals surface area contributed by atoms with Gasteiger partial charge in [0.2, 0.25) is 11.8 Å². The fourth-order valence-corrected chi connectivity index (χ4v) is 3.85. The highest BCUT2D eigenvalue weighted by Gasteiger charge is 2.26. The first kappa shape index (κ1) is 28.6. The second kappa shape index (κ2) is 14.7. The van der Waals surface area contributed by atoms with Crippen molar-refractivity contribution in [1.29, 1.82) is 0 Å². The molecule has 190 valence electrons. The molecule has 1 aromatic carbocycles. The minimum atomic E-state index is -1.10. The van der Waals surface area contributed by atoms with Gasteiger partial charge < -0.3 is 27.4 Å². The predicted octanol–water partition coefficient (Wildman–Crippen LogP) is 0.845. The summed E-state index contributed by atoms with van der Waals surface area (Å²) in [6.07, 6.45) is 0.873. The number of nitrogens with one attached hydrogen (secondary N) is 1. The van der Waals surface area contributed by atoms with Crippen LogP contribution in [0.5, 0.6) is 0 Å². The van der Waals surface area contributed by atoms with E-state index in [1.807, 2.05) is 43.3 Å². The van der Waals surface area contributed by atoms with Gasteiger partial charge in [0.1, 0.15) is 0 Å². The number of ketones is 1. The monoisotopic (exact) mass is 546 g/mol. The van der Waals surface area contributed by atoms with Crippen LogP contribution in [0.2, 0.25) is 0 Å². The molecule has 2 rings (SSSR count). The summed E-state index contributed by atoms with van der Waals surface area (Å²) in [6.45, 7) is 3.09. The third kappa shape index (κ3) is 9.48. The highest BCUT2D eigenvalue weighted by Crippen LogP contribution is 2.15. The van der Waals surface area contributed by atoms with E-state index in [-0.39, 0.29) is 37.6 Å². The number of nitrogens with two attached hydrogens (primary N) is 3. The number of pyridine rings is 1. The summed E-state index contributed by atoms with van der Waals surface area (Å²) in [5.41, 5.74) is 19.6. The summed E-state index contributed by atoms with van der Waals surface area (Å²) in [7, 11) is 0. The summed E-state index contributed by atoms with van der Waals surface area (Å²) >= 11 is 3.41. The molecule has 9 nitrogen and oxygen atoms in total. The maximum Gasteiger partial charge on any atom is 0.238 e. The molecule has 2 aromatic rings. The molecule has 0 radical (unpaired) electrons. The number of amides is 2. The molecule has 0 fully saturated rings. The average molecular weight is 547 g/mol. The molecule has 1 aromatic heterocycles. The maximum atomic E-state index is 13.2. The number of carbonyl (C=O) groups excluding carboxylic acids is 3. The number of benzene rings is 1. The Morgan fingerprint density at radius 1 is 1.06 bits per heavy atom. The standard InChI is InChI=1S/C25H35BrN6O3/c1-17-20(26)9-8-19(30-17)15-23(33)22(10-7-18-5-3-2-4-6-18)31-25(35)21(29)16-24(34)32(13-11-27)14-12-28/h2-6,8-9,21-22H,7,10-16,27-29H2,1H3,(H,31,35)/t21-,22-/m0/s1. The molecule has 0 aliphatic rings. The Labute approximate surface area is 214 Å². The van der Waals surface area contributed by atoms with Crippen molar-refractivity contribution in [1.82, 2.24) is 15.2 Å². The zero-order valence-electron chi connectivity index (χ0n) is 20.1. The van der Waals surface area contributed by atoms with Crippen LogP contribution in [-0.4, -0.2) is 65.7 Å². The van der Waals surface area contributed by atoms with Gasteiger partial charge in [0.15, 0.2) is 5.78 Å². The molecule has 0 unspecified atom stereocenters. The largest absolute Gasteiger partial charge is 0.345 e. The van der Waals surface area contributed by atoms with Gasteiger partial charge in [0.25, 0.3) is 0 Å². The van der Waals surface area contributed by atoms with Crippen LogP contribution in [0.25, 0.3) is 0 Å². The number of carbonyl (C=O) groups is 3. The molecule has 35 heavy (non-hydrogen) atoms. The molecule has 0 saturated carbocycles. The van der Waals surface area contributed by atoms with Crippen LogP contribution in [0.4, 0.5) is 0 Å². The molecule has 1 heterocycles. The normalized spacial score (nSPS) is 12.6. The zero-order valence-corrected chi connectivity index (χ0v) is 21.7. The van der Waals surface area contributed by atoms with Gasteiger partial charge in [-0.3, -0.25) is 19.4 Å². The molecule has 2 atom stereocenters. The molecular weight excluding hydrogens is 512 g/mol. The van der Waals surface area contributed by atoms with Crippen LogP contribution in [0.15, 0.2) is 46.9 Å². The van der Waals surface area contributed by atoms with Crippen molar-refractivity contribution in [3.63, 3.8) is 0 Å². The molecular formula is C25H35BrN6O3. The van der Waals surface area contributed by atoms with Gasteiger partial charge in [0, 0.05) is 36.3 Å². The Bertz CT molecular complexity index is 982. The first-order valence-corrected chi connectivity index (χ1v) is 12.5. The highest BCUT2D eigenvalue weighted by atomic mass is 79.9. The summed E-state index contributed by atoms with van der Waals surface area (Å²) in [5, 5.41) is 2.77. The van der Waals surface area contributed by atoms with Crippen molar-refractivity contribution < 1.29 is 14.4 Å². The molecule has 0 aliphatic carbocycles. The fraction of sp³-hybridized carbons (Fsp3) is 0.440. The molecule has 0 spiro atoms. The lowest BCUT2D eigenvalue weighted by atomic mass is 9.98. The Hall–Kier alpha value is -2.66. The van der Waals surface area contributed by atoms with Gasteiger partial charge >= 0.3 is 0 Å². The Morgan fingerprint density at radius 2 is 1.71 bits per heavy atom. The van der Waals surface area contributed by atoms with Gasteiger partial charge in [-0.05, 0) is 53.4 Å². The van der Waals surface area contributed by atoms with Crippen LogP contribution in [0.3, 0.4) is 0 Å². The van der Waals surface area contributed by atoms with Crippen molar-refractivity contribution in [3.8, 4) is 0 Å². The number of rotatable bonds is 14. The number of aromatic nitrogens is 1. The van der Waals surface area contributed by atoms with Crippen LogP contribution >= 0.6 is 15.9 Å². The van der Waals surface area contributed by atoms with E-state index in [0.29, 0.717) is 31.6 Å². The van der Waals surface area contributed by atoms with Crippen molar-refractivity contribution in [2.75, 3.05) is 26.2 Å². The minimum Gasteiger partial charge on any atom is -0.345 e. The number of Topliss-reactive ketones (excluding diaryl/α,β-unsaturated/α-hetero) is 1. The molecule has 0 aliphatic heterocycles. The maximum absolute atomic E-state index is 13.2. The summed E-state index contributed by atoms with van der Waals surface area (Å²) in [4.78, 5) is 44.5. The van der Waals surface area contributed by atoms with Gasteiger partial charge in [0.05, 0.1) is 30.6 Å². The minimum absolute atomic E-state index is 0.0722. The molecule has 0 saturated heterocycles. The van der Waals surface area contributed by atoms with Crippen molar-refractivity contribution >= 4 is 33.5 Å². The number of nitrogens with zero attached hydrogens (tertiary/aromatic N) is 2. The Morgan fingerprint density at radius 3 is 2.31 bits per heavy atom. The Balaban J connectivity index is 2.09. The van der Waals surface area contributed by atoms with Crippen LogP contribution in [0, 0.1) is 6.92 Å². The van der Waals surface area contributed by atoms with E-state index >= 15 is 0 Å². The zero-order chi connectivity index (χ0) is 25.8. The second-order valence-electron chi connectivity index (χ2n) is 8.37. The number of halogens is 1. The molecule has 10 heteroatoms.